The maximum Gasteiger partial charge on any atom is 0.410 e. The molecule has 7 rings (SSSR count). The van der Waals surface area contributed by atoms with Crippen molar-refractivity contribution >= 4 is 26.0 Å². The number of methoxy groups -OCH3 is 1. The summed E-state index contributed by atoms with van der Waals surface area (Å²) in [5.74, 6) is -0.154. The summed E-state index contributed by atoms with van der Waals surface area (Å²) in [5, 5.41) is -0.0186. The maximum atomic E-state index is 14.1. The fourth-order valence-corrected chi connectivity index (χ4v) is 11.3. The number of allylic oxidation sites excluding steroid dienone is 2. The van der Waals surface area contributed by atoms with Crippen LogP contribution in [0.2, 0.25) is 18.1 Å². The van der Waals surface area contributed by atoms with Crippen LogP contribution >= 0.6 is 0 Å². The second-order valence-corrected chi connectivity index (χ2v) is 22.0. The Morgan fingerprint density at radius 3 is 2.49 bits per heavy atom. The molecule has 0 aromatic carbocycles. The van der Waals surface area contributed by atoms with Gasteiger partial charge in [0.2, 0.25) is 0 Å². The number of carbonyl (C=O) groups excluding carboxylic acids is 3. The number of ether oxygens (including phenoxy) is 5. The number of rotatable bonds is 6. The van der Waals surface area contributed by atoms with Crippen LogP contribution in [0.1, 0.15) is 67.7 Å². The third-order valence-electron chi connectivity index (χ3n) is 12.9. The molecule has 3 heterocycles. The highest BCUT2D eigenvalue weighted by molar-refractivity contribution is 6.74. The molecular weight excluding hydrogens is 618 g/mol. The van der Waals surface area contributed by atoms with Crippen molar-refractivity contribution in [2.75, 3.05) is 33.6 Å². The molecule has 0 N–H and O–H groups in total. The van der Waals surface area contributed by atoms with E-state index in [0.29, 0.717) is 32.4 Å². The molecule has 47 heavy (non-hydrogen) atoms. The molecule has 2 bridgehead atoms. The van der Waals surface area contributed by atoms with E-state index in [-0.39, 0.29) is 36.1 Å². The molecule has 1 spiro atoms. The predicted molar refractivity (Wildman–Crippen MR) is 175 cm³/mol. The molecule has 10 nitrogen and oxygen atoms in total. The molecule has 258 valence electrons. The van der Waals surface area contributed by atoms with Crippen LogP contribution < -0.4 is 0 Å². The van der Waals surface area contributed by atoms with Crippen LogP contribution in [0.25, 0.3) is 0 Å². The van der Waals surface area contributed by atoms with Crippen molar-refractivity contribution in [2.24, 2.45) is 16.2 Å². The predicted octanol–water partition coefficient (Wildman–Crippen LogP) is 5.27. The van der Waals surface area contributed by atoms with E-state index in [1.165, 1.54) is 12.2 Å². The monoisotopic (exact) mass is 669 g/mol. The van der Waals surface area contributed by atoms with Crippen molar-refractivity contribution in [3.05, 3.63) is 35.5 Å². The number of amides is 1. The average molecular weight is 670 g/mol. The molecule has 4 aliphatic carbocycles. The Labute approximate surface area is 279 Å². The first-order valence-electron chi connectivity index (χ1n) is 17.1. The number of fused-ring (bicyclic) bond motifs is 1. The van der Waals surface area contributed by atoms with Gasteiger partial charge in [0.1, 0.15) is 23.6 Å². The zero-order valence-corrected chi connectivity index (χ0v) is 30.6. The molecule has 11 heteroatoms. The second kappa shape index (κ2) is 9.97. The molecule has 0 aromatic heterocycles. The average Bonchev–Trinajstić information content (AvgIpc) is 3.38. The van der Waals surface area contributed by atoms with Gasteiger partial charge >= 0.3 is 6.09 Å². The minimum absolute atomic E-state index is 0.0186. The normalized spacial score (nSPS) is 40.9. The van der Waals surface area contributed by atoms with Crippen LogP contribution in [0, 0.1) is 16.2 Å². The molecule has 1 unspecified atom stereocenters. The molecule has 0 radical (unpaired) electrons. The summed E-state index contributed by atoms with van der Waals surface area (Å²) >= 11 is 0. The van der Waals surface area contributed by atoms with Crippen molar-refractivity contribution < 1.29 is 42.5 Å². The summed E-state index contributed by atoms with van der Waals surface area (Å²) in [5.41, 5.74) is -3.68. The first kappa shape index (κ1) is 33.3. The number of hydrogen-bond acceptors (Lipinski definition) is 9. The van der Waals surface area contributed by atoms with Crippen molar-refractivity contribution in [1.29, 1.82) is 0 Å². The topological polar surface area (TPSA) is 110 Å². The van der Waals surface area contributed by atoms with Crippen LogP contribution in [0.5, 0.6) is 0 Å². The summed E-state index contributed by atoms with van der Waals surface area (Å²) < 4.78 is 39.2. The SMILES string of the molecule is COCO[C@@H]1C[C@@]23CN(C(=O)OC(C)(C)C)CCO[C@@]2(CC=C3[C@@H](C)O[Si](C)(C)C(C)(C)C)C2=C[C@@H]3O[C@@]21[C@@]12CC31C(=O)C=CC2=O. The molecule has 3 aliphatic heterocycles. The summed E-state index contributed by atoms with van der Waals surface area (Å²) in [6, 6.07) is 0. The van der Waals surface area contributed by atoms with Crippen molar-refractivity contribution in [3.63, 3.8) is 0 Å². The fraction of sp³-hybridized carbons (Fsp3) is 0.750. The van der Waals surface area contributed by atoms with Crippen LogP contribution in [0.15, 0.2) is 35.5 Å². The van der Waals surface area contributed by atoms with Gasteiger partial charge in [-0.2, -0.15) is 0 Å². The lowest BCUT2D eigenvalue weighted by Gasteiger charge is -2.61. The Balaban J connectivity index is 1.40. The van der Waals surface area contributed by atoms with E-state index >= 15 is 0 Å². The standard InChI is InChI=1S/C36H51NO9Si/c1-22(46-47(9,10)31(5,6)7)23-13-14-35-24-17-27-33-19-34(33,26(39)12-11-25(33)38)36(24,44-27)28(42-21-41-8)18-32(23,35)20-37(15-16-43-35)29(40)45-30(2,3)4/h11-13,17,22,27-28H,14-16,18-21H2,1-10H3/t22-,27+,28-,32+,33?,34-,35+,36+/m1/s1. The highest BCUT2D eigenvalue weighted by atomic mass is 28.4. The van der Waals surface area contributed by atoms with E-state index in [2.05, 4.69) is 52.9 Å². The summed E-state index contributed by atoms with van der Waals surface area (Å²) in [6.45, 7) is 19.8. The highest BCUT2D eigenvalue weighted by Gasteiger charge is 2.96. The van der Waals surface area contributed by atoms with Gasteiger partial charge in [-0.05, 0) is 94.5 Å². The minimum Gasteiger partial charge on any atom is -0.444 e. The molecule has 1 amide bonds. The van der Waals surface area contributed by atoms with Crippen LogP contribution in [0.4, 0.5) is 4.79 Å². The summed E-state index contributed by atoms with van der Waals surface area (Å²) in [7, 11) is -0.661. The number of hydrogen-bond donors (Lipinski definition) is 0. The van der Waals surface area contributed by atoms with Gasteiger partial charge in [-0.3, -0.25) is 9.59 Å². The molecule has 8 atom stereocenters. The zero-order valence-electron chi connectivity index (χ0n) is 29.6. The Hall–Kier alpha value is -2.15. The first-order valence-corrected chi connectivity index (χ1v) is 20.0. The Bertz CT molecular complexity index is 1520. The van der Waals surface area contributed by atoms with E-state index in [4.69, 9.17) is 28.1 Å². The summed E-state index contributed by atoms with van der Waals surface area (Å²) in [6.07, 6.45) is 6.57. The van der Waals surface area contributed by atoms with Gasteiger partial charge in [-0.25, -0.2) is 4.79 Å². The molecular formula is C36H51NO9Si. The largest absolute Gasteiger partial charge is 0.444 e. The smallest absolute Gasteiger partial charge is 0.410 e. The first-order chi connectivity index (χ1) is 21.8. The quantitative estimate of drug-likeness (QED) is 0.212. The summed E-state index contributed by atoms with van der Waals surface area (Å²) in [4.78, 5) is 43.2. The third-order valence-corrected chi connectivity index (χ3v) is 17.4. The lowest BCUT2D eigenvalue weighted by Crippen LogP contribution is -2.71. The van der Waals surface area contributed by atoms with Gasteiger partial charge in [-0.1, -0.05) is 26.8 Å². The molecule has 2 saturated heterocycles. The van der Waals surface area contributed by atoms with Gasteiger partial charge in [0.25, 0.3) is 0 Å². The van der Waals surface area contributed by atoms with Crippen molar-refractivity contribution in [1.82, 2.24) is 4.90 Å². The van der Waals surface area contributed by atoms with Crippen LogP contribution in [-0.2, 0) is 37.7 Å². The van der Waals surface area contributed by atoms with E-state index in [0.717, 1.165) is 11.1 Å². The Kier molecular flexibility index (Phi) is 7.08. The van der Waals surface area contributed by atoms with E-state index < -0.39 is 59.7 Å². The van der Waals surface area contributed by atoms with Gasteiger partial charge < -0.3 is 33.0 Å². The van der Waals surface area contributed by atoms with Gasteiger partial charge in [0, 0.05) is 25.6 Å². The van der Waals surface area contributed by atoms with Crippen LogP contribution in [0.3, 0.4) is 0 Å². The lowest BCUT2D eigenvalue weighted by molar-refractivity contribution is -0.225. The third kappa shape index (κ3) is 3.98. The van der Waals surface area contributed by atoms with Gasteiger partial charge in [0.05, 0.1) is 35.7 Å². The van der Waals surface area contributed by atoms with Crippen LogP contribution in [-0.4, -0.2) is 99.6 Å². The molecule has 4 fully saturated rings. The Morgan fingerprint density at radius 1 is 1.13 bits per heavy atom. The number of carbonyl (C=O) groups is 3. The van der Waals surface area contributed by atoms with E-state index in [1.54, 1.807) is 12.0 Å². The number of ketones is 2. The Morgan fingerprint density at radius 2 is 1.83 bits per heavy atom. The second-order valence-electron chi connectivity index (χ2n) is 17.3. The fourth-order valence-electron chi connectivity index (χ4n) is 9.98. The highest BCUT2D eigenvalue weighted by Crippen LogP contribution is 2.87. The van der Waals surface area contributed by atoms with E-state index in [1.807, 2.05) is 20.8 Å². The van der Waals surface area contributed by atoms with Gasteiger partial charge in [0.15, 0.2) is 19.9 Å². The lowest BCUT2D eigenvalue weighted by atomic mass is 9.48. The van der Waals surface area contributed by atoms with Crippen molar-refractivity contribution in [3.8, 4) is 0 Å². The number of nitrogens with zero attached hydrogens (tertiary/aromatic N) is 1. The minimum atomic E-state index is -2.23. The van der Waals surface area contributed by atoms with Crippen molar-refractivity contribution in [2.45, 2.75) is 121 Å². The maximum absolute atomic E-state index is 14.1. The van der Waals surface area contributed by atoms with E-state index in [9.17, 15) is 14.4 Å². The molecule has 7 aliphatic rings. The molecule has 0 aromatic rings. The molecule has 2 saturated carbocycles. The van der Waals surface area contributed by atoms with Gasteiger partial charge in [-0.15, -0.1) is 0 Å². The zero-order chi connectivity index (χ0) is 34.2.